The molecule has 3 saturated heterocycles. The molecule has 0 aromatic heterocycles. The largest absolute Gasteiger partial charge is 0.456 e. The number of carbonyl (C=O) groups excluding carboxylic acids is 5. The van der Waals surface area contributed by atoms with Crippen LogP contribution in [0.25, 0.3) is 0 Å². The first-order chi connectivity index (χ1) is 14.8. The van der Waals surface area contributed by atoms with Gasteiger partial charge in [-0.05, 0) is 13.3 Å². The van der Waals surface area contributed by atoms with Crippen molar-refractivity contribution < 1.29 is 28.7 Å². The van der Waals surface area contributed by atoms with Crippen molar-refractivity contribution in [2.75, 3.05) is 12.5 Å². The number of ketones is 1. The predicted octanol–water partition coefficient (Wildman–Crippen LogP) is 1.60. The zero-order valence-corrected chi connectivity index (χ0v) is 18.4. The number of carbonyl (C=O) groups is 5. The van der Waals surface area contributed by atoms with Crippen molar-refractivity contribution in [1.82, 2.24) is 9.80 Å². The number of ether oxygens (including phenoxy) is 1. The summed E-state index contributed by atoms with van der Waals surface area (Å²) in [6.45, 7) is 1.28. The summed E-state index contributed by atoms with van der Waals surface area (Å²) in [6, 6.07) is 6.49. The Hall–Kier alpha value is -2.39. The molecule has 10 heteroatoms. The Kier molecular flexibility index (Phi) is 5.83. The number of fused-ring (bicyclic) bond motifs is 1. The summed E-state index contributed by atoms with van der Waals surface area (Å²) in [4.78, 5) is 65.1. The number of hydrogen-bond acceptors (Lipinski definition) is 7. The van der Waals surface area contributed by atoms with Gasteiger partial charge < -0.3 is 9.64 Å². The number of alkyl halides is 1. The minimum atomic E-state index is -1.01. The average Bonchev–Trinajstić information content (AvgIpc) is 3.05. The van der Waals surface area contributed by atoms with Crippen LogP contribution >= 0.6 is 23.4 Å². The average molecular weight is 465 g/mol. The fraction of sp³-hybridized carbons (Fsp3) is 0.476. The molecule has 3 fully saturated rings. The number of hydrogen-bond donors (Lipinski definition) is 0. The molecule has 164 valence electrons. The lowest BCUT2D eigenvalue weighted by atomic mass is 9.93. The van der Waals surface area contributed by atoms with Crippen LogP contribution in [-0.2, 0) is 23.9 Å². The Bertz CT molecular complexity index is 940. The maximum Gasteiger partial charge on any atom is 0.330 e. The van der Waals surface area contributed by atoms with Crippen molar-refractivity contribution >= 4 is 52.8 Å². The molecular weight excluding hydrogens is 444 g/mol. The second-order valence-corrected chi connectivity index (χ2v) is 9.87. The highest BCUT2D eigenvalue weighted by Gasteiger charge is 2.68. The molecule has 0 bridgehead atoms. The van der Waals surface area contributed by atoms with Crippen molar-refractivity contribution in [2.24, 2.45) is 0 Å². The van der Waals surface area contributed by atoms with Gasteiger partial charge in [0.05, 0.1) is 4.75 Å². The van der Waals surface area contributed by atoms with Crippen LogP contribution in [0.3, 0.4) is 0 Å². The minimum Gasteiger partial charge on any atom is -0.456 e. The van der Waals surface area contributed by atoms with E-state index in [1.54, 1.807) is 37.3 Å². The second-order valence-electron chi connectivity index (χ2n) is 7.96. The number of benzene rings is 1. The van der Waals surface area contributed by atoms with Gasteiger partial charge in [-0.1, -0.05) is 30.3 Å². The molecule has 3 heterocycles. The van der Waals surface area contributed by atoms with Gasteiger partial charge in [0, 0.05) is 24.3 Å². The van der Waals surface area contributed by atoms with E-state index in [1.165, 1.54) is 16.7 Å². The number of halogens is 1. The van der Waals surface area contributed by atoms with Crippen LogP contribution in [0.5, 0.6) is 0 Å². The quantitative estimate of drug-likeness (QED) is 0.207. The van der Waals surface area contributed by atoms with Gasteiger partial charge in [-0.15, -0.1) is 23.4 Å². The van der Waals surface area contributed by atoms with Crippen molar-refractivity contribution in [3.05, 3.63) is 35.9 Å². The molecule has 0 saturated carbocycles. The number of piperidine rings is 1. The number of rotatable bonds is 6. The van der Waals surface area contributed by atoms with Gasteiger partial charge in [0.15, 0.2) is 12.4 Å². The third-order valence-electron chi connectivity index (χ3n) is 5.83. The van der Waals surface area contributed by atoms with Crippen LogP contribution in [0.1, 0.15) is 36.5 Å². The Morgan fingerprint density at radius 3 is 2.42 bits per heavy atom. The van der Waals surface area contributed by atoms with E-state index in [2.05, 4.69) is 0 Å². The highest BCUT2D eigenvalue weighted by Crippen LogP contribution is 2.53. The highest BCUT2D eigenvalue weighted by atomic mass is 35.5. The molecule has 0 aliphatic carbocycles. The first-order valence-corrected chi connectivity index (χ1v) is 11.4. The van der Waals surface area contributed by atoms with Gasteiger partial charge >= 0.3 is 5.97 Å². The predicted molar refractivity (Wildman–Crippen MR) is 112 cm³/mol. The number of β-lactam (4-membered cyclic amide) rings is 1. The monoisotopic (exact) mass is 464 g/mol. The minimum absolute atomic E-state index is 0.0406. The molecule has 0 N–H and O–H groups in total. The SMILES string of the molecule is C[C@@]1(CCl)S[C@H]2C(N3C(=O)CCCC3=O)C(=O)N2C1C(=O)OCC(=O)c1ccccc1. The molecule has 2 unspecified atom stereocenters. The van der Waals surface area contributed by atoms with E-state index in [-0.39, 0.29) is 36.3 Å². The van der Waals surface area contributed by atoms with E-state index >= 15 is 0 Å². The summed E-state index contributed by atoms with van der Waals surface area (Å²) in [6.07, 6.45) is 0.903. The maximum absolute atomic E-state index is 13.0. The number of esters is 1. The van der Waals surface area contributed by atoms with Crippen LogP contribution in [0.15, 0.2) is 30.3 Å². The number of Topliss-reactive ketones (excluding diaryl/α,β-unsaturated/α-hetero) is 1. The number of likely N-dealkylation sites (tertiary alicyclic amines) is 1. The molecule has 4 rings (SSSR count). The fourth-order valence-electron chi connectivity index (χ4n) is 4.21. The number of thioether (sulfide) groups is 1. The van der Waals surface area contributed by atoms with E-state index in [9.17, 15) is 24.0 Å². The van der Waals surface area contributed by atoms with Crippen LogP contribution < -0.4 is 0 Å². The summed E-state index contributed by atoms with van der Waals surface area (Å²) in [5.74, 6) is -2.28. The molecule has 3 amide bonds. The first kappa shape index (κ1) is 21.8. The van der Waals surface area contributed by atoms with Crippen molar-refractivity contribution in [3.8, 4) is 0 Å². The standard InChI is InChI=1S/C21H21ClN2O6S/c1-21(11-22)17(20(29)30-10-13(25)12-6-3-2-4-7-12)24-18(28)16(19(24)31-21)23-14(26)8-5-9-15(23)27/h2-4,6-7,16-17,19H,5,8-11H2,1H3/t16?,17?,19-,21-/m0/s1. The van der Waals surface area contributed by atoms with E-state index in [0.717, 1.165) is 4.90 Å². The maximum atomic E-state index is 13.0. The molecule has 1 aromatic carbocycles. The van der Waals surface area contributed by atoms with Crippen LogP contribution in [-0.4, -0.2) is 74.0 Å². The van der Waals surface area contributed by atoms with Crippen LogP contribution in [0, 0.1) is 0 Å². The zero-order valence-electron chi connectivity index (χ0n) is 16.8. The lowest BCUT2D eigenvalue weighted by Crippen LogP contribution is -2.72. The highest BCUT2D eigenvalue weighted by molar-refractivity contribution is 8.01. The summed E-state index contributed by atoms with van der Waals surface area (Å²) >= 11 is 7.44. The molecule has 3 aliphatic heterocycles. The van der Waals surface area contributed by atoms with Gasteiger partial charge in [-0.3, -0.25) is 24.1 Å². The third kappa shape index (κ3) is 3.63. The second kappa shape index (κ2) is 8.27. The summed E-state index contributed by atoms with van der Waals surface area (Å²) in [5.41, 5.74) is 0.413. The zero-order chi connectivity index (χ0) is 22.3. The van der Waals surface area contributed by atoms with Crippen molar-refractivity contribution in [3.63, 3.8) is 0 Å². The summed E-state index contributed by atoms with van der Waals surface area (Å²) < 4.78 is 4.38. The molecule has 3 aliphatic rings. The molecule has 0 spiro atoms. The molecule has 0 radical (unpaired) electrons. The van der Waals surface area contributed by atoms with Gasteiger partial charge in [-0.2, -0.15) is 0 Å². The molecular formula is C21H21ClN2O6S. The normalized spacial score (nSPS) is 30.1. The van der Waals surface area contributed by atoms with E-state index < -0.39 is 40.7 Å². The van der Waals surface area contributed by atoms with Crippen LogP contribution in [0.4, 0.5) is 0 Å². The fourth-order valence-corrected chi connectivity index (χ4v) is 6.20. The van der Waals surface area contributed by atoms with Gasteiger partial charge in [0.1, 0.15) is 17.5 Å². The number of amides is 3. The Balaban J connectivity index is 1.50. The van der Waals surface area contributed by atoms with Crippen molar-refractivity contribution in [2.45, 2.75) is 48.4 Å². The van der Waals surface area contributed by atoms with Gasteiger partial charge in [-0.25, -0.2) is 4.79 Å². The molecule has 8 nitrogen and oxygen atoms in total. The van der Waals surface area contributed by atoms with E-state index in [0.29, 0.717) is 12.0 Å². The van der Waals surface area contributed by atoms with Gasteiger partial charge in [0.25, 0.3) is 5.91 Å². The Morgan fingerprint density at radius 2 is 1.81 bits per heavy atom. The topological polar surface area (TPSA) is 101 Å². The lowest BCUT2D eigenvalue weighted by molar-refractivity contribution is -0.174. The Labute approximate surface area is 188 Å². The lowest BCUT2D eigenvalue weighted by Gasteiger charge is -2.48. The summed E-state index contributed by atoms with van der Waals surface area (Å²) in [5, 5.41) is -0.565. The number of imide groups is 1. The van der Waals surface area contributed by atoms with E-state index in [1.807, 2.05) is 0 Å². The number of nitrogens with zero attached hydrogens (tertiary/aromatic N) is 2. The molecule has 31 heavy (non-hydrogen) atoms. The Morgan fingerprint density at radius 1 is 1.16 bits per heavy atom. The van der Waals surface area contributed by atoms with Crippen LogP contribution in [0.2, 0.25) is 0 Å². The van der Waals surface area contributed by atoms with Crippen molar-refractivity contribution in [1.29, 1.82) is 0 Å². The summed E-state index contributed by atoms with van der Waals surface area (Å²) in [7, 11) is 0. The molecule has 4 atom stereocenters. The van der Waals surface area contributed by atoms with E-state index in [4.69, 9.17) is 16.3 Å². The molecule has 1 aromatic rings. The third-order valence-corrected chi connectivity index (χ3v) is 8.17. The smallest absolute Gasteiger partial charge is 0.330 e. The van der Waals surface area contributed by atoms with Gasteiger partial charge in [0.2, 0.25) is 11.8 Å². The first-order valence-electron chi connectivity index (χ1n) is 9.94.